The maximum absolute atomic E-state index is 11.1. The van der Waals surface area contributed by atoms with Crippen LogP contribution in [0.1, 0.15) is 34.6 Å². The van der Waals surface area contributed by atoms with Gasteiger partial charge in [-0.15, -0.1) is 0 Å². The first-order valence-electron chi connectivity index (χ1n) is 6.54. The lowest BCUT2D eigenvalue weighted by Gasteiger charge is -2.15. The molecule has 0 saturated carbocycles. The summed E-state index contributed by atoms with van der Waals surface area (Å²) in [7, 11) is 0. The van der Waals surface area contributed by atoms with Gasteiger partial charge in [0, 0.05) is 0 Å². The first-order chi connectivity index (χ1) is 9.78. The van der Waals surface area contributed by atoms with Crippen LogP contribution < -0.4 is 4.74 Å². The Balaban J connectivity index is 1.92. The SMILES string of the molecule is O=Cc1c(Cl)cccc1Oc1cnc2c(n1)CCCC2. The Morgan fingerprint density at radius 3 is 2.80 bits per heavy atom. The van der Waals surface area contributed by atoms with Crippen molar-refractivity contribution in [3.8, 4) is 11.6 Å². The van der Waals surface area contributed by atoms with Crippen molar-refractivity contribution in [3.05, 3.63) is 46.4 Å². The van der Waals surface area contributed by atoms with E-state index in [9.17, 15) is 4.79 Å². The molecule has 0 bridgehead atoms. The number of hydrogen-bond donors (Lipinski definition) is 0. The fourth-order valence-electron chi connectivity index (χ4n) is 2.31. The van der Waals surface area contributed by atoms with Crippen molar-refractivity contribution in [1.82, 2.24) is 9.97 Å². The summed E-state index contributed by atoms with van der Waals surface area (Å²) in [6.07, 6.45) is 6.46. The summed E-state index contributed by atoms with van der Waals surface area (Å²) in [6, 6.07) is 5.07. The summed E-state index contributed by atoms with van der Waals surface area (Å²) < 4.78 is 5.66. The van der Waals surface area contributed by atoms with E-state index in [1.165, 1.54) is 0 Å². The van der Waals surface area contributed by atoms with E-state index in [1.54, 1.807) is 24.4 Å². The molecule has 1 aliphatic rings. The second-order valence-electron chi connectivity index (χ2n) is 4.68. The van der Waals surface area contributed by atoms with Crippen LogP contribution in [0.4, 0.5) is 0 Å². The summed E-state index contributed by atoms with van der Waals surface area (Å²) in [6.45, 7) is 0. The van der Waals surface area contributed by atoms with Crippen LogP contribution in [0.5, 0.6) is 11.6 Å². The monoisotopic (exact) mass is 288 g/mol. The summed E-state index contributed by atoms with van der Waals surface area (Å²) in [4.78, 5) is 19.9. The van der Waals surface area contributed by atoms with Gasteiger partial charge in [-0.3, -0.25) is 9.78 Å². The highest BCUT2D eigenvalue weighted by Crippen LogP contribution is 2.29. The number of aryl methyl sites for hydroxylation is 2. The molecular formula is C15H13ClN2O2. The molecule has 102 valence electrons. The van der Waals surface area contributed by atoms with Gasteiger partial charge in [0.2, 0.25) is 5.88 Å². The van der Waals surface area contributed by atoms with Crippen LogP contribution in [0.2, 0.25) is 5.02 Å². The van der Waals surface area contributed by atoms with E-state index in [2.05, 4.69) is 9.97 Å². The van der Waals surface area contributed by atoms with Crippen molar-refractivity contribution in [2.24, 2.45) is 0 Å². The van der Waals surface area contributed by atoms with E-state index in [0.717, 1.165) is 37.1 Å². The third-order valence-electron chi connectivity index (χ3n) is 3.33. The second-order valence-corrected chi connectivity index (χ2v) is 5.09. The number of hydrogen-bond acceptors (Lipinski definition) is 4. The molecule has 0 spiro atoms. The van der Waals surface area contributed by atoms with Crippen molar-refractivity contribution in [1.29, 1.82) is 0 Å². The molecule has 0 amide bonds. The van der Waals surface area contributed by atoms with Gasteiger partial charge in [0.1, 0.15) is 5.75 Å². The molecule has 0 N–H and O–H groups in total. The molecule has 1 heterocycles. The topological polar surface area (TPSA) is 52.1 Å². The highest BCUT2D eigenvalue weighted by molar-refractivity contribution is 6.33. The predicted molar refractivity (Wildman–Crippen MR) is 75.6 cm³/mol. The third kappa shape index (κ3) is 2.51. The lowest BCUT2D eigenvalue weighted by Crippen LogP contribution is -2.08. The zero-order valence-corrected chi connectivity index (χ0v) is 11.6. The summed E-state index contributed by atoms with van der Waals surface area (Å²) in [5.41, 5.74) is 2.36. The molecule has 0 unspecified atom stereocenters. The summed E-state index contributed by atoms with van der Waals surface area (Å²) in [5, 5.41) is 0.364. The zero-order valence-electron chi connectivity index (χ0n) is 10.8. The molecule has 2 aromatic rings. The van der Waals surface area contributed by atoms with Crippen molar-refractivity contribution in [3.63, 3.8) is 0 Å². The highest BCUT2D eigenvalue weighted by atomic mass is 35.5. The number of fused-ring (bicyclic) bond motifs is 1. The summed E-state index contributed by atoms with van der Waals surface area (Å²) in [5.74, 6) is 0.800. The molecule has 1 aromatic heterocycles. The van der Waals surface area contributed by atoms with Gasteiger partial charge in [-0.05, 0) is 37.8 Å². The molecule has 20 heavy (non-hydrogen) atoms. The Morgan fingerprint density at radius 2 is 2.00 bits per heavy atom. The van der Waals surface area contributed by atoms with Crippen LogP contribution in [0.3, 0.4) is 0 Å². The molecule has 1 aliphatic carbocycles. The molecular weight excluding hydrogens is 276 g/mol. The minimum atomic E-state index is 0.327. The van der Waals surface area contributed by atoms with Crippen molar-refractivity contribution >= 4 is 17.9 Å². The number of carbonyl (C=O) groups excluding carboxylic acids is 1. The van der Waals surface area contributed by atoms with E-state index in [-0.39, 0.29) is 0 Å². The predicted octanol–water partition coefficient (Wildman–Crippen LogP) is 3.61. The molecule has 0 atom stereocenters. The van der Waals surface area contributed by atoms with Gasteiger partial charge in [0.15, 0.2) is 6.29 Å². The fraction of sp³-hybridized carbons (Fsp3) is 0.267. The molecule has 4 nitrogen and oxygen atoms in total. The lowest BCUT2D eigenvalue weighted by atomic mass is 10.0. The van der Waals surface area contributed by atoms with Crippen LogP contribution in [0.25, 0.3) is 0 Å². The number of ether oxygens (including phenoxy) is 1. The minimum absolute atomic E-state index is 0.327. The molecule has 3 rings (SSSR count). The minimum Gasteiger partial charge on any atom is -0.437 e. The molecule has 0 fully saturated rings. The standard InChI is InChI=1S/C15H13ClN2O2/c16-11-4-3-7-14(10(11)9-19)20-15-8-17-12-5-1-2-6-13(12)18-15/h3-4,7-9H,1-2,5-6H2. The van der Waals surface area contributed by atoms with Crippen LogP contribution in [0.15, 0.2) is 24.4 Å². The number of carbonyl (C=O) groups is 1. The highest BCUT2D eigenvalue weighted by Gasteiger charge is 2.14. The van der Waals surface area contributed by atoms with Gasteiger partial charge in [0.05, 0.1) is 28.2 Å². The number of halogens is 1. The number of aldehydes is 1. The Labute approximate surface area is 121 Å². The average Bonchev–Trinajstić information content (AvgIpc) is 2.47. The first-order valence-corrected chi connectivity index (χ1v) is 6.92. The average molecular weight is 289 g/mol. The van der Waals surface area contributed by atoms with E-state index in [0.29, 0.717) is 28.5 Å². The maximum atomic E-state index is 11.1. The van der Waals surface area contributed by atoms with E-state index < -0.39 is 0 Å². The van der Waals surface area contributed by atoms with Gasteiger partial charge < -0.3 is 4.74 Å². The normalized spacial score (nSPS) is 13.7. The largest absolute Gasteiger partial charge is 0.437 e. The molecule has 0 aliphatic heterocycles. The Bertz CT molecular complexity index is 658. The zero-order chi connectivity index (χ0) is 13.9. The van der Waals surface area contributed by atoms with Gasteiger partial charge in [-0.1, -0.05) is 17.7 Å². The number of benzene rings is 1. The molecule has 0 radical (unpaired) electrons. The maximum Gasteiger partial charge on any atom is 0.238 e. The van der Waals surface area contributed by atoms with Crippen LogP contribution >= 0.6 is 11.6 Å². The smallest absolute Gasteiger partial charge is 0.238 e. The van der Waals surface area contributed by atoms with E-state index in [4.69, 9.17) is 16.3 Å². The summed E-state index contributed by atoms with van der Waals surface area (Å²) >= 11 is 5.96. The van der Waals surface area contributed by atoms with Gasteiger partial charge in [-0.25, -0.2) is 4.98 Å². The lowest BCUT2D eigenvalue weighted by molar-refractivity contribution is 0.112. The van der Waals surface area contributed by atoms with Gasteiger partial charge in [-0.2, -0.15) is 0 Å². The van der Waals surface area contributed by atoms with E-state index >= 15 is 0 Å². The Kier molecular flexibility index (Phi) is 3.65. The Morgan fingerprint density at radius 1 is 1.20 bits per heavy atom. The van der Waals surface area contributed by atoms with Crippen molar-refractivity contribution in [2.45, 2.75) is 25.7 Å². The van der Waals surface area contributed by atoms with E-state index in [1.807, 2.05) is 0 Å². The number of rotatable bonds is 3. The van der Waals surface area contributed by atoms with Crippen LogP contribution in [-0.2, 0) is 12.8 Å². The molecule has 1 aromatic carbocycles. The van der Waals surface area contributed by atoms with Crippen LogP contribution in [0, 0.1) is 0 Å². The fourth-order valence-corrected chi connectivity index (χ4v) is 2.52. The van der Waals surface area contributed by atoms with Gasteiger partial charge >= 0.3 is 0 Å². The molecule has 5 heteroatoms. The van der Waals surface area contributed by atoms with Crippen LogP contribution in [-0.4, -0.2) is 16.3 Å². The number of aromatic nitrogens is 2. The third-order valence-corrected chi connectivity index (χ3v) is 3.66. The molecule has 0 saturated heterocycles. The quantitative estimate of drug-likeness (QED) is 0.810. The first kappa shape index (κ1) is 13.1. The Hall–Kier alpha value is -1.94. The number of nitrogens with zero attached hydrogens (tertiary/aromatic N) is 2. The van der Waals surface area contributed by atoms with Crippen molar-refractivity contribution < 1.29 is 9.53 Å². The van der Waals surface area contributed by atoms with Crippen molar-refractivity contribution in [2.75, 3.05) is 0 Å². The second kappa shape index (κ2) is 5.59. The van der Waals surface area contributed by atoms with Gasteiger partial charge in [0.25, 0.3) is 0 Å².